The molecule has 0 saturated heterocycles. The monoisotopic (exact) mass is 506 g/mol. The molecule has 2 heterocycles. The molecule has 0 bridgehead atoms. The van der Waals surface area contributed by atoms with Gasteiger partial charge in [0.15, 0.2) is 0 Å². The van der Waals surface area contributed by atoms with Gasteiger partial charge in [-0.3, -0.25) is 0 Å². The van der Waals surface area contributed by atoms with Crippen LogP contribution in [0, 0.1) is 6.92 Å². The minimum atomic E-state index is -0.938. The van der Waals surface area contributed by atoms with E-state index >= 15 is 0 Å². The highest BCUT2D eigenvalue weighted by Gasteiger charge is 2.34. The average molecular weight is 507 g/mol. The van der Waals surface area contributed by atoms with Gasteiger partial charge in [0.05, 0.1) is 15.9 Å². The third-order valence-electron chi connectivity index (χ3n) is 7.52. The van der Waals surface area contributed by atoms with Crippen LogP contribution in [0.4, 0.5) is 5.69 Å². The van der Waals surface area contributed by atoms with E-state index in [-0.39, 0.29) is 6.04 Å². The van der Waals surface area contributed by atoms with E-state index in [4.69, 9.17) is 5.11 Å². The molecule has 4 aromatic rings. The number of hydrogen-bond acceptors (Lipinski definition) is 4. The van der Waals surface area contributed by atoms with Gasteiger partial charge in [0.25, 0.3) is 0 Å². The van der Waals surface area contributed by atoms with Crippen molar-refractivity contribution < 1.29 is 9.90 Å². The molecule has 6 rings (SSSR count). The summed E-state index contributed by atoms with van der Waals surface area (Å²) in [6, 6.07) is 24.8. The molecule has 4 nitrogen and oxygen atoms in total. The van der Waals surface area contributed by atoms with Crippen LogP contribution in [0.2, 0.25) is 0 Å². The van der Waals surface area contributed by atoms with Crippen molar-refractivity contribution in [3.8, 4) is 10.4 Å². The molecule has 0 radical (unpaired) electrons. The summed E-state index contributed by atoms with van der Waals surface area (Å²) in [6.07, 6.45) is 8.38. The third kappa shape index (κ3) is 4.84. The quantitative estimate of drug-likeness (QED) is 0.273. The molecule has 1 saturated carbocycles. The predicted molar refractivity (Wildman–Crippen MR) is 151 cm³/mol. The maximum Gasteiger partial charge on any atom is 0.328 e. The van der Waals surface area contributed by atoms with Crippen molar-refractivity contribution in [1.29, 1.82) is 0 Å². The Balaban J connectivity index is 1.42. The van der Waals surface area contributed by atoms with E-state index in [9.17, 15) is 4.79 Å². The fourth-order valence-corrected chi connectivity index (χ4v) is 6.33. The standard InChI is InChI=1S/C32H30N2O2S/c1-20-17-27-18-26(30-19-33-21(2)37-30)12-15-29(27)32(25-6-3-22(4-7-25)5-16-31(35)36)34(20)28-13-10-24(11-14-28)23-8-9-23/h3-7,10-16,18-20,23,32H,8-9,17H2,1-2H3,(H,35,36)/t20-,32-/m0/s1. The molecule has 1 aromatic heterocycles. The van der Waals surface area contributed by atoms with E-state index in [1.807, 2.05) is 25.3 Å². The molecule has 2 aliphatic rings. The highest BCUT2D eigenvalue weighted by Crippen LogP contribution is 2.44. The van der Waals surface area contributed by atoms with E-state index in [0.29, 0.717) is 6.04 Å². The summed E-state index contributed by atoms with van der Waals surface area (Å²) in [5.41, 5.74) is 8.70. The summed E-state index contributed by atoms with van der Waals surface area (Å²) in [5.74, 6) is -0.198. The number of hydrogen-bond donors (Lipinski definition) is 1. The Hall–Kier alpha value is -3.70. The Kier molecular flexibility index (Phi) is 6.17. The van der Waals surface area contributed by atoms with Gasteiger partial charge in [0.2, 0.25) is 0 Å². The highest BCUT2D eigenvalue weighted by atomic mass is 32.1. The van der Waals surface area contributed by atoms with E-state index in [1.54, 1.807) is 17.4 Å². The molecular weight excluding hydrogens is 476 g/mol. The second-order valence-electron chi connectivity index (χ2n) is 10.2. The first-order valence-electron chi connectivity index (χ1n) is 12.9. The molecule has 1 fully saturated rings. The lowest BCUT2D eigenvalue weighted by Gasteiger charge is -2.44. The van der Waals surface area contributed by atoms with Gasteiger partial charge in [0.1, 0.15) is 0 Å². The SMILES string of the molecule is Cc1ncc(-c2ccc3c(c2)C[C@H](C)N(c2ccc(C4CC4)cc2)[C@H]3c2ccc(C=CC(=O)O)cc2)s1. The summed E-state index contributed by atoms with van der Waals surface area (Å²) >= 11 is 1.73. The molecule has 186 valence electrons. The number of benzene rings is 3. The van der Waals surface area contributed by atoms with Gasteiger partial charge in [-0.2, -0.15) is 0 Å². The number of carboxylic acids is 1. The van der Waals surface area contributed by atoms with Gasteiger partial charge in [-0.25, -0.2) is 9.78 Å². The van der Waals surface area contributed by atoms with E-state index < -0.39 is 5.97 Å². The molecule has 1 aliphatic carbocycles. The topological polar surface area (TPSA) is 53.4 Å². The van der Waals surface area contributed by atoms with E-state index in [0.717, 1.165) is 22.9 Å². The summed E-state index contributed by atoms with van der Waals surface area (Å²) in [6.45, 7) is 4.37. The Bertz CT molecular complexity index is 1470. The van der Waals surface area contributed by atoms with Crippen LogP contribution in [0.5, 0.6) is 0 Å². The number of thiazole rings is 1. The fraction of sp³-hybridized carbons (Fsp3) is 0.250. The minimum absolute atomic E-state index is 0.0697. The van der Waals surface area contributed by atoms with Crippen LogP contribution >= 0.6 is 11.3 Å². The summed E-state index contributed by atoms with van der Waals surface area (Å²) in [5, 5.41) is 10.1. The van der Waals surface area contributed by atoms with Crippen molar-refractivity contribution in [3.63, 3.8) is 0 Å². The van der Waals surface area contributed by atoms with Crippen LogP contribution in [0.25, 0.3) is 16.5 Å². The summed E-state index contributed by atoms with van der Waals surface area (Å²) in [4.78, 5) is 19.2. The zero-order chi connectivity index (χ0) is 25.5. The third-order valence-corrected chi connectivity index (χ3v) is 8.48. The smallest absolute Gasteiger partial charge is 0.328 e. The van der Waals surface area contributed by atoms with Gasteiger partial charge in [-0.15, -0.1) is 11.3 Å². The minimum Gasteiger partial charge on any atom is -0.478 e. The Labute approximate surface area is 221 Å². The average Bonchev–Trinajstić information content (AvgIpc) is 3.66. The lowest BCUT2D eigenvalue weighted by atomic mass is 9.83. The molecule has 5 heteroatoms. The van der Waals surface area contributed by atoms with Crippen LogP contribution in [-0.4, -0.2) is 22.1 Å². The number of aryl methyl sites for hydroxylation is 1. The molecule has 2 atom stereocenters. The lowest BCUT2D eigenvalue weighted by molar-refractivity contribution is -0.131. The molecule has 0 spiro atoms. The van der Waals surface area contributed by atoms with Crippen molar-refractivity contribution in [3.05, 3.63) is 112 Å². The van der Waals surface area contributed by atoms with Gasteiger partial charge >= 0.3 is 5.97 Å². The molecule has 37 heavy (non-hydrogen) atoms. The van der Waals surface area contributed by atoms with Crippen molar-refractivity contribution in [2.24, 2.45) is 0 Å². The Morgan fingerprint density at radius 1 is 1.03 bits per heavy atom. The number of nitrogens with zero attached hydrogens (tertiary/aromatic N) is 2. The first-order valence-corrected chi connectivity index (χ1v) is 13.7. The van der Waals surface area contributed by atoms with Crippen molar-refractivity contribution >= 4 is 29.1 Å². The van der Waals surface area contributed by atoms with E-state index in [1.165, 1.54) is 57.3 Å². The zero-order valence-corrected chi connectivity index (χ0v) is 21.9. The first-order chi connectivity index (χ1) is 18.0. The van der Waals surface area contributed by atoms with Gasteiger partial charge in [0, 0.05) is 24.0 Å². The van der Waals surface area contributed by atoms with Crippen LogP contribution in [0.3, 0.4) is 0 Å². The Morgan fingerprint density at radius 3 is 2.41 bits per heavy atom. The fourth-order valence-electron chi connectivity index (χ4n) is 5.55. The van der Waals surface area contributed by atoms with Crippen molar-refractivity contribution in [2.45, 2.75) is 51.1 Å². The van der Waals surface area contributed by atoms with Crippen LogP contribution in [0.15, 0.2) is 79.0 Å². The number of aliphatic carboxylic acids is 1. The normalized spacial score (nSPS) is 19.2. The molecule has 0 amide bonds. The van der Waals surface area contributed by atoms with Gasteiger partial charge < -0.3 is 10.0 Å². The Morgan fingerprint density at radius 2 is 1.76 bits per heavy atom. The number of aromatic nitrogens is 1. The maximum absolute atomic E-state index is 11.0. The van der Waals surface area contributed by atoms with Crippen molar-refractivity contribution in [1.82, 2.24) is 4.98 Å². The highest BCUT2D eigenvalue weighted by molar-refractivity contribution is 7.15. The van der Waals surface area contributed by atoms with Crippen LogP contribution in [0.1, 0.15) is 64.6 Å². The van der Waals surface area contributed by atoms with E-state index in [2.05, 4.69) is 71.4 Å². The molecule has 1 N–H and O–H groups in total. The first kappa shape index (κ1) is 23.7. The summed E-state index contributed by atoms with van der Waals surface area (Å²) < 4.78 is 0. The second kappa shape index (κ2) is 9.64. The van der Waals surface area contributed by atoms with Gasteiger partial charge in [-0.1, -0.05) is 48.5 Å². The second-order valence-corrected chi connectivity index (χ2v) is 11.5. The maximum atomic E-state index is 11.0. The molecule has 3 aromatic carbocycles. The van der Waals surface area contributed by atoms with Crippen LogP contribution < -0.4 is 4.90 Å². The number of fused-ring (bicyclic) bond motifs is 1. The zero-order valence-electron chi connectivity index (χ0n) is 21.1. The molecule has 1 aliphatic heterocycles. The number of rotatable bonds is 6. The van der Waals surface area contributed by atoms with Crippen molar-refractivity contribution in [2.75, 3.05) is 4.90 Å². The largest absolute Gasteiger partial charge is 0.478 e. The molecular formula is C32H30N2O2S. The number of carbonyl (C=O) groups is 1. The lowest BCUT2D eigenvalue weighted by Crippen LogP contribution is -2.42. The van der Waals surface area contributed by atoms with Crippen LogP contribution in [-0.2, 0) is 11.2 Å². The predicted octanol–water partition coefficient (Wildman–Crippen LogP) is 7.63. The number of carboxylic acid groups (broad SMARTS) is 1. The molecule has 0 unspecified atom stereocenters. The number of anilines is 1. The van der Waals surface area contributed by atoms with Gasteiger partial charge in [-0.05, 0) is 96.7 Å². The summed E-state index contributed by atoms with van der Waals surface area (Å²) in [7, 11) is 0.